The molecule has 1 heterocycles. The van der Waals surface area contributed by atoms with Crippen molar-refractivity contribution < 1.29 is 19.1 Å². The monoisotopic (exact) mass is 247 g/mol. The second-order valence-corrected chi connectivity index (χ2v) is 5.38. The number of hydrogen-bond donors (Lipinski definition) is 0. The third-order valence-corrected chi connectivity index (χ3v) is 4.33. The summed E-state index contributed by atoms with van der Waals surface area (Å²) in [6, 6.07) is 2.08. The fourth-order valence-electron chi connectivity index (χ4n) is 3.56. The van der Waals surface area contributed by atoms with Crippen LogP contribution in [0.4, 0.5) is 0 Å². The van der Waals surface area contributed by atoms with Gasteiger partial charge in [0.2, 0.25) is 5.60 Å². The molecule has 5 unspecified atom stereocenters. The Bertz CT molecular complexity index is 506. The molecule has 1 aliphatic heterocycles. The fraction of sp³-hybridized carbons (Fsp3) is 0.615. The molecule has 0 spiro atoms. The lowest BCUT2D eigenvalue weighted by Gasteiger charge is -2.31. The Morgan fingerprint density at radius 1 is 1.61 bits per heavy atom. The summed E-state index contributed by atoms with van der Waals surface area (Å²) in [4.78, 5) is 23.3. The van der Waals surface area contributed by atoms with E-state index in [4.69, 9.17) is 9.47 Å². The van der Waals surface area contributed by atoms with E-state index in [9.17, 15) is 14.9 Å². The first-order valence-electron chi connectivity index (χ1n) is 6.00. The molecule has 5 atom stereocenters. The van der Waals surface area contributed by atoms with Crippen LogP contribution in [0.5, 0.6) is 0 Å². The van der Waals surface area contributed by atoms with Crippen LogP contribution in [0.15, 0.2) is 12.2 Å². The van der Waals surface area contributed by atoms with Crippen molar-refractivity contribution in [2.24, 2.45) is 17.8 Å². The normalized spacial score (nSPS) is 43.4. The number of fused-ring (bicyclic) bond motifs is 1. The van der Waals surface area contributed by atoms with Gasteiger partial charge in [0.15, 0.2) is 6.10 Å². The van der Waals surface area contributed by atoms with Gasteiger partial charge in [-0.25, -0.2) is 4.79 Å². The Kier molecular flexibility index (Phi) is 2.10. The van der Waals surface area contributed by atoms with Gasteiger partial charge in [-0.3, -0.25) is 4.79 Å². The quantitative estimate of drug-likeness (QED) is 0.536. The standard InChI is InChI=1S/C13H13NO4/c1-6(2)11(15)17-10-7-3-8-9(4-7)13(10,5-14)18-12(8)16/h7-10H,1,3-4H2,2H3. The summed E-state index contributed by atoms with van der Waals surface area (Å²) < 4.78 is 10.6. The van der Waals surface area contributed by atoms with Crippen molar-refractivity contribution in [1.82, 2.24) is 0 Å². The number of esters is 2. The second-order valence-electron chi connectivity index (χ2n) is 5.38. The zero-order valence-electron chi connectivity index (χ0n) is 10.0. The maximum Gasteiger partial charge on any atom is 0.333 e. The molecule has 3 rings (SSSR count). The molecular formula is C13H13NO4. The Morgan fingerprint density at radius 2 is 2.33 bits per heavy atom. The Hall–Kier alpha value is -1.83. The number of hydrogen-bond acceptors (Lipinski definition) is 5. The first-order chi connectivity index (χ1) is 8.49. The van der Waals surface area contributed by atoms with Crippen LogP contribution < -0.4 is 0 Å². The van der Waals surface area contributed by atoms with Gasteiger partial charge in [0.25, 0.3) is 0 Å². The molecule has 0 radical (unpaired) electrons. The largest absolute Gasteiger partial charge is 0.453 e. The third-order valence-electron chi connectivity index (χ3n) is 4.33. The summed E-state index contributed by atoms with van der Waals surface area (Å²) >= 11 is 0. The van der Waals surface area contributed by atoms with Crippen LogP contribution in [0, 0.1) is 29.1 Å². The van der Waals surface area contributed by atoms with E-state index in [1.54, 1.807) is 6.92 Å². The highest BCUT2D eigenvalue weighted by Gasteiger charge is 2.73. The summed E-state index contributed by atoms with van der Waals surface area (Å²) in [5.74, 6) is -1.11. The molecule has 3 aliphatic rings. The molecule has 0 aromatic rings. The van der Waals surface area contributed by atoms with Crippen molar-refractivity contribution in [3.63, 3.8) is 0 Å². The Labute approximate surface area is 104 Å². The van der Waals surface area contributed by atoms with E-state index in [1.165, 1.54) is 0 Å². The van der Waals surface area contributed by atoms with Crippen LogP contribution in [0.3, 0.4) is 0 Å². The van der Waals surface area contributed by atoms with E-state index in [0.717, 1.165) is 6.42 Å². The van der Waals surface area contributed by atoms with E-state index >= 15 is 0 Å². The van der Waals surface area contributed by atoms with Gasteiger partial charge in [-0.2, -0.15) is 5.26 Å². The molecule has 18 heavy (non-hydrogen) atoms. The minimum atomic E-state index is -1.25. The minimum absolute atomic E-state index is 0.0504. The number of nitrogens with zero attached hydrogens (tertiary/aromatic N) is 1. The SMILES string of the molecule is C=C(C)C(=O)OC1C2CC3C(=O)OC1(C#N)C3C2. The van der Waals surface area contributed by atoms with E-state index < -0.39 is 17.7 Å². The lowest BCUT2D eigenvalue weighted by molar-refractivity contribution is -0.165. The topological polar surface area (TPSA) is 76.4 Å². The van der Waals surface area contributed by atoms with E-state index in [2.05, 4.69) is 12.6 Å². The van der Waals surface area contributed by atoms with Crippen molar-refractivity contribution in [3.05, 3.63) is 12.2 Å². The maximum absolute atomic E-state index is 11.7. The van der Waals surface area contributed by atoms with Crippen molar-refractivity contribution in [2.45, 2.75) is 31.5 Å². The van der Waals surface area contributed by atoms with Crippen LogP contribution in [0.25, 0.3) is 0 Å². The smallest absolute Gasteiger partial charge is 0.333 e. The van der Waals surface area contributed by atoms with Crippen LogP contribution in [0.1, 0.15) is 19.8 Å². The highest BCUT2D eigenvalue weighted by molar-refractivity contribution is 5.87. The van der Waals surface area contributed by atoms with Gasteiger partial charge in [0.05, 0.1) is 5.92 Å². The van der Waals surface area contributed by atoms with Gasteiger partial charge >= 0.3 is 11.9 Å². The van der Waals surface area contributed by atoms with Gasteiger partial charge in [-0.1, -0.05) is 6.58 Å². The molecule has 5 nitrogen and oxygen atoms in total. The zero-order valence-corrected chi connectivity index (χ0v) is 10.0. The number of carbonyl (C=O) groups excluding carboxylic acids is 2. The summed E-state index contributed by atoms with van der Waals surface area (Å²) in [5, 5.41) is 9.36. The molecule has 0 amide bonds. The van der Waals surface area contributed by atoms with Crippen LogP contribution >= 0.6 is 0 Å². The molecule has 2 saturated carbocycles. The second kappa shape index (κ2) is 3.35. The first kappa shape index (κ1) is 11.3. The molecule has 0 N–H and O–H groups in total. The summed E-state index contributed by atoms with van der Waals surface area (Å²) in [5.41, 5.74) is -0.970. The molecule has 1 saturated heterocycles. The van der Waals surface area contributed by atoms with E-state index in [0.29, 0.717) is 6.42 Å². The van der Waals surface area contributed by atoms with Crippen LogP contribution in [-0.4, -0.2) is 23.6 Å². The first-order valence-corrected chi connectivity index (χ1v) is 6.00. The molecule has 2 aliphatic carbocycles. The molecule has 2 bridgehead atoms. The Balaban J connectivity index is 1.93. The van der Waals surface area contributed by atoms with Gasteiger partial charge in [-0.15, -0.1) is 0 Å². The number of nitriles is 1. The lowest BCUT2D eigenvalue weighted by Crippen LogP contribution is -2.47. The van der Waals surface area contributed by atoms with Gasteiger partial charge in [0, 0.05) is 17.4 Å². The molecule has 0 aromatic carbocycles. The number of rotatable bonds is 2. The van der Waals surface area contributed by atoms with Gasteiger partial charge in [-0.05, 0) is 19.8 Å². The van der Waals surface area contributed by atoms with Gasteiger partial charge in [0.1, 0.15) is 6.07 Å². The van der Waals surface area contributed by atoms with Crippen LogP contribution in [-0.2, 0) is 19.1 Å². The fourth-order valence-corrected chi connectivity index (χ4v) is 3.56. The predicted molar refractivity (Wildman–Crippen MR) is 58.8 cm³/mol. The Morgan fingerprint density at radius 3 is 2.94 bits per heavy atom. The van der Waals surface area contributed by atoms with E-state index in [-0.39, 0.29) is 29.3 Å². The predicted octanol–water partition coefficient (Wildman–Crippen LogP) is 0.949. The van der Waals surface area contributed by atoms with Crippen molar-refractivity contribution >= 4 is 11.9 Å². The molecule has 3 fully saturated rings. The summed E-state index contributed by atoms with van der Waals surface area (Å²) in [6.45, 7) is 5.07. The highest BCUT2D eigenvalue weighted by Crippen LogP contribution is 2.61. The minimum Gasteiger partial charge on any atom is -0.453 e. The summed E-state index contributed by atoms with van der Waals surface area (Å²) in [6.07, 6.45) is 0.735. The zero-order chi connectivity index (χ0) is 13.1. The average molecular weight is 247 g/mol. The highest BCUT2D eigenvalue weighted by atomic mass is 16.6. The third kappa shape index (κ3) is 1.15. The van der Waals surface area contributed by atoms with Crippen LogP contribution in [0.2, 0.25) is 0 Å². The van der Waals surface area contributed by atoms with Crippen molar-refractivity contribution in [2.75, 3.05) is 0 Å². The molecule has 0 aromatic heterocycles. The number of carbonyl (C=O) groups is 2. The molecule has 5 heteroatoms. The maximum atomic E-state index is 11.7. The lowest BCUT2D eigenvalue weighted by atomic mass is 9.79. The molecular weight excluding hydrogens is 234 g/mol. The molecule has 94 valence electrons. The van der Waals surface area contributed by atoms with Crippen molar-refractivity contribution in [3.8, 4) is 6.07 Å². The van der Waals surface area contributed by atoms with Crippen molar-refractivity contribution in [1.29, 1.82) is 5.26 Å². The average Bonchev–Trinajstić information content (AvgIpc) is 2.91. The van der Waals surface area contributed by atoms with E-state index in [1.807, 2.05) is 0 Å². The number of ether oxygens (including phenoxy) is 2. The van der Waals surface area contributed by atoms with Gasteiger partial charge < -0.3 is 9.47 Å². The summed E-state index contributed by atoms with van der Waals surface area (Å²) in [7, 11) is 0.